The summed E-state index contributed by atoms with van der Waals surface area (Å²) in [4.78, 5) is 4.77. The van der Waals surface area contributed by atoms with Crippen molar-refractivity contribution in [2.24, 2.45) is 0 Å². The molecule has 4 aromatic rings. The fourth-order valence-electron chi connectivity index (χ4n) is 3.08. The summed E-state index contributed by atoms with van der Waals surface area (Å²) in [5, 5.41) is 12.7. The zero-order valence-corrected chi connectivity index (χ0v) is 19.2. The molecular formula is C24H24N4OS2. The lowest BCUT2D eigenvalue weighted by Gasteiger charge is -2.11. The maximum absolute atomic E-state index is 6.04. The molecule has 0 bridgehead atoms. The lowest BCUT2D eigenvalue weighted by Crippen LogP contribution is -2.08. The van der Waals surface area contributed by atoms with Crippen LogP contribution in [0.25, 0.3) is 10.6 Å². The lowest BCUT2D eigenvalue weighted by molar-refractivity contribution is 0.287. The molecule has 0 saturated carbocycles. The number of hydrogen-bond acceptors (Lipinski definition) is 6. The van der Waals surface area contributed by atoms with Crippen LogP contribution in [-0.4, -0.2) is 19.7 Å². The van der Waals surface area contributed by atoms with Crippen molar-refractivity contribution in [1.29, 1.82) is 0 Å². The standard InChI is InChI=1S/C24H24N4OS2/c1-4-12-28-22(14-29-21-13-17(2)10-11-18(21)3)26-27-24(28)31-16-20-15-30-23(25-20)19-8-6-5-7-9-19/h4-11,13,15H,1,12,14,16H2,2-3H3. The highest BCUT2D eigenvalue weighted by molar-refractivity contribution is 7.98. The second kappa shape index (κ2) is 9.94. The smallest absolute Gasteiger partial charge is 0.191 e. The molecule has 2 aromatic heterocycles. The van der Waals surface area contributed by atoms with Crippen molar-refractivity contribution >= 4 is 23.1 Å². The second-order valence-corrected chi connectivity index (χ2v) is 8.96. The summed E-state index contributed by atoms with van der Waals surface area (Å²) in [6.07, 6.45) is 1.85. The van der Waals surface area contributed by atoms with Crippen molar-refractivity contribution in [2.75, 3.05) is 0 Å². The molecule has 2 heterocycles. The SMILES string of the molecule is C=CCn1c(COc2cc(C)ccc2C)nnc1SCc1csc(-c2ccccc2)n1. The Kier molecular flexibility index (Phi) is 6.84. The molecule has 0 radical (unpaired) electrons. The van der Waals surface area contributed by atoms with Gasteiger partial charge in [0, 0.05) is 23.2 Å². The van der Waals surface area contributed by atoms with Crippen LogP contribution in [0.5, 0.6) is 5.75 Å². The minimum absolute atomic E-state index is 0.362. The Morgan fingerprint density at radius 3 is 2.77 bits per heavy atom. The van der Waals surface area contributed by atoms with Crippen molar-refractivity contribution in [3.8, 4) is 16.3 Å². The van der Waals surface area contributed by atoms with Gasteiger partial charge in [0.1, 0.15) is 17.4 Å². The second-order valence-electron chi connectivity index (χ2n) is 7.15. The topological polar surface area (TPSA) is 52.8 Å². The Morgan fingerprint density at radius 2 is 1.97 bits per heavy atom. The first-order valence-electron chi connectivity index (χ1n) is 9.99. The number of allylic oxidation sites excluding steroid dienone is 1. The highest BCUT2D eigenvalue weighted by Gasteiger charge is 2.14. The van der Waals surface area contributed by atoms with Crippen molar-refractivity contribution in [3.05, 3.63) is 89.2 Å². The lowest BCUT2D eigenvalue weighted by atomic mass is 10.1. The van der Waals surface area contributed by atoms with Crippen LogP contribution in [0.3, 0.4) is 0 Å². The van der Waals surface area contributed by atoms with E-state index in [2.05, 4.69) is 53.3 Å². The molecule has 5 nitrogen and oxygen atoms in total. The van der Waals surface area contributed by atoms with E-state index in [4.69, 9.17) is 9.72 Å². The fourth-order valence-corrected chi connectivity index (χ4v) is 4.87. The minimum atomic E-state index is 0.362. The molecule has 0 saturated heterocycles. The minimum Gasteiger partial charge on any atom is -0.485 e. The van der Waals surface area contributed by atoms with Crippen LogP contribution in [0.15, 0.2) is 71.7 Å². The van der Waals surface area contributed by atoms with Gasteiger partial charge in [-0.15, -0.1) is 28.1 Å². The molecule has 7 heteroatoms. The first-order chi connectivity index (χ1) is 15.1. The average molecular weight is 449 g/mol. The first kappa shape index (κ1) is 21.3. The first-order valence-corrected chi connectivity index (χ1v) is 11.9. The van der Waals surface area contributed by atoms with Crippen LogP contribution in [0.4, 0.5) is 0 Å². The molecule has 0 aliphatic carbocycles. The van der Waals surface area contributed by atoms with Crippen LogP contribution < -0.4 is 4.74 Å². The number of thioether (sulfide) groups is 1. The van der Waals surface area contributed by atoms with E-state index in [-0.39, 0.29) is 0 Å². The van der Waals surface area contributed by atoms with Crippen LogP contribution in [0.1, 0.15) is 22.6 Å². The van der Waals surface area contributed by atoms with E-state index in [1.54, 1.807) is 23.1 Å². The van der Waals surface area contributed by atoms with Crippen LogP contribution in [0, 0.1) is 13.8 Å². The van der Waals surface area contributed by atoms with Gasteiger partial charge in [-0.05, 0) is 31.0 Å². The van der Waals surface area contributed by atoms with Gasteiger partial charge in [-0.3, -0.25) is 4.57 Å². The molecule has 158 valence electrons. The third-order valence-electron chi connectivity index (χ3n) is 4.73. The van der Waals surface area contributed by atoms with E-state index >= 15 is 0 Å². The van der Waals surface area contributed by atoms with Gasteiger partial charge in [0.05, 0.1) is 5.69 Å². The molecular weight excluding hydrogens is 424 g/mol. The van der Waals surface area contributed by atoms with E-state index in [1.165, 1.54) is 5.56 Å². The molecule has 0 amide bonds. The number of ether oxygens (including phenoxy) is 1. The molecule has 2 aromatic carbocycles. The third-order valence-corrected chi connectivity index (χ3v) is 6.67. The maximum Gasteiger partial charge on any atom is 0.191 e. The highest BCUT2D eigenvalue weighted by atomic mass is 32.2. The van der Waals surface area contributed by atoms with Crippen molar-refractivity contribution in [3.63, 3.8) is 0 Å². The van der Waals surface area contributed by atoms with E-state index in [0.717, 1.165) is 44.3 Å². The van der Waals surface area contributed by atoms with Gasteiger partial charge >= 0.3 is 0 Å². The van der Waals surface area contributed by atoms with Crippen LogP contribution in [-0.2, 0) is 18.9 Å². The largest absolute Gasteiger partial charge is 0.485 e. The van der Waals surface area contributed by atoms with Crippen molar-refractivity contribution < 1.29 is 4.74 Å². The molecule has 31 heavy (non-hydrogen) atoms. The van der Waals surface area contributed by atoms with E-state index in [9.17, 15) is 0 Å². The van der Waals surface area contributed by atoms with Gasteiger partial charge < -0.3 is 4.74 Å². The molecule has 0 spiro atoms. The van der Waals surface area contributed by atoms with Gasteiger partial charge in [-0.2, -0.15) is 0 Å². The summed E-state index contributed by atoms with van der Waals surface area (Å²) in [6, 6.07) is 16.4. The fraction of sp³-hybridized carbons (Fsp3) is 0.208. The molecule has 0 aliphatic rings. The quantitative estimate of drug-likeness (QED) is 0.230. The third kappa shape index (κ3) is 5.24. The summed E-state index contributed by atoms with van der Waals surface area (Å²) in [6.45, 7) is 8.98. The van der Waals surface area contributed by atoms with Crippen molar-refractivity contribution in [2.45, 2.75) is 37.9 Å². The summed E-state index contributed by atoms with van der Waals surface area (Å²) in [7, 11) is 0. The number of aryl methyl sites for hydroxylation is 2. The number of aromatic nitrogens is 4. The zero-order chi connectivity index (χ0) is 21.6. The van der Waals surface area contributed by atoms with Crippen LogP contribution in [0.2, 0.25) is 0 Å². The molecule has 4 rings (SSSR count). The zero-order valence-electron chi connectivity index (χ0n) is 17.6. The van der Waals surface area contributed by atoms with Crippen LogP contribution >= 0.6 is 23.1 Å². The molecule has 0 fully saturated rings. The van der Waals surface area contributed by atoms with Gasteiger partial charge in [-0.1, -0.05) is 60.3 Å². The number of nitrogens with zero attached hydrogens (tertiary/aromatic N) is 4. The Labute approximate surface area is 190 Å². The average Bonchev–Trinajstić information content (AvgIpc) is 3.41. The Balaban J connectivity index is 1.44. The predicted molar refractivity (Wildman–Crippen MR) is 128 cm³/mol. The maximum atomic E-state index is 6.04. The van der Waals surface area contributed by atoms with Gasteiger partial charge in [0.15, 0.2) is 11.0 Å². The number of rotatable bonds is 9. The van der Waals surface area contributed by atoms with E-state index in [1.807, 2.05) is 41.8 Å². The normalized spacial score (nSPS) is 10.9. The van der Waals surface area contributed by atoms with E-state index in [0.29, 0.717) is 13.2 Å². The monoisotopic (exact) mass is 448 g/mol. The van der Waals surface area contributed by atoms with E-state index < -0.39 is 0 Å². The Bertz CT molecular complexity index is 1170. The number of benzene rings is 2. The number of hydrogen-bond donors (Lipinski definition) is 0. The highest BCUT2D eigenvalue weighted by Crippen LogP contribution is 2.28. The number of thiazole rings is 1. The van der Waals surface area contributed by atoms with Gasteiger partial charge in [0.25, 0.3) is 0 Å². The Morgan fingerprint density at radius 1 is 1.13 bits per heavy atom. The Hall–Kier alpha value is -2.90. The van der Waals surface area contributed by atoms with Gasteiger partial charge in [-0.25, -0.2) is 4.98 Å². The molecule has 0 atom stereocenters. The summed E-state index contributed by atoms with van der Waals surface area (Å²) < 4.78 is 8.09. The summed E-state index contributed by atoms with van der Waals surface area (Å²) in [5.74, 6) is 2.39. The summed E-state index contributed by atoms with van der Waals surface area (Å²) in [5.41, 5.74) is 4.45. The predicted octanol–water partition coefficient (Wildman–Crippen LogP) is 6.08. The van der Waals surface area contributed by atoms with Gasteiger partial charge in [0.2, 0.25) is 0 Å². The summed E-state index contributed by atoms with van der Waals surface area (Å²) >= 11 is 3.29. The van der Waals surface area contributed by atoms with Crippen molar-refractivity contribution in [1.82, 2.24) is 19.7 Å². The molecule has 0 unspecified atom stereocenters. The molecule has 0 aliphatic heterocycles. The molecule has 0 N–H and O–H groups in total.